The summed E-state index contributed by atoms with van der Waals surface area (Å²) in [6.45, 7) is 3.93. The number of amides is 2. The zero-order valence-electron chi connectivity index (χ0n) is 25.3. The van der Waals surface area contributed by atoms with Gasteiger partial charge in [0.05, 0.1) is 38.7 Å². The molecule has 0 saturated heterocycles. The third-order valence-electron chi connectivity index (χ3n) is 6.58. The molecule has 0 bridgehead atoms. The number of nitrogens with one attached hydrogen (secondary N) is 3. The molecule has 2 amide bonds. The molecule has 1 aliphatic heterocycles. The standard InChI is InChI=1S/C32H35ClN4O8/c1-5-43-27-15-22(30-29(31(39)42-4)19(2)35-32(40)36-30)10-12-25(27)45-18-28(38)37-34-16-20-9-11-24(26(14-20)41-3)44-17-21-7-6-8-23(33)13-21/h6-16,28,30,37-38H,5,17-18H2,1-4H3,(H2,35,36,40)/b34-16+/t28-,30-/m1/s1. The molecule has 4 N–H and O–H groups in total. The third kappa shape index (κ3) is 8.80. The Bertz CT molecular complexity index is 1580. The maximum absolute atomic E-state index is 12.4. The lowest BCUT2D eigenvalue weighted by Gasteiger charge is -2.28. The minimum absolute atomic E-state index is 0.160. The van der Waals surface area contributed by atoms with E-state index in [-0.39, 0.29) is 12.2 Å². The van der Waals surface area contributed by atoms with Crippen LogP contribution in [-0.2, 0) is 16.1 Å². The first-order chi connectivity index (χ1) is 21.7. The first-order valence-electron chi connectivity index (χ1n) is 14.0. The molecule has 0 fully saturated rings. The third-order valence-corrected chi connectivity index (χ3v) is 6.82. The van der Waals surface area contributed by atoms with Crippen LogP contribution in [0.3, 0.4) is 0 Å². The number of nitrogens with zero attached hydrogens (tertiary/aromatic N) is 1. The fourth-order valence-corrected chi connectivity index (χ4v) is 4.70. The van der Waals surface area contributed by atoms with Crippen LogP contribution in [-0.4, -0.2) is 57.0 Å². The van der Waals surface area contributed by atoms with Crippen LogP contribution in [0.15, 0.2) is 77.0 Å². The minimum Gasteiger partial charge on any atom is -0.493 e. The molecule has 238 valence electrons. The molecule has 0 aliphatic carbocycles. The molecular formula is C32H35ClN4O8. The second-order valence-electron chi connectivity index (χ2n) is 9.74. The second-order valence-corrected chi connectivity index (χ2v) is 10.2. The van der Waals surface area contributed by atoms with Crippen molar-refractivity contribution in [1.29, 1.82) is 0 Å². The fraction of sp³-hybridized carbons (Fsp3) is 0.281. The van der Waals surface area contributed by atoms with E-state index in [0.717, 1.165) is 5.56 Å². The van der Waals surface area contributed by atoms with Crippen LogP contribution in [0.5, 0.6) is 23.0 Å². The summed E-state index contributed by atoms with van der Waals surface area (Å²) in [5.41, 5.74) is 5.49. The molecule has 0 unspecified atom stereocenters. The molecule has 4 rings (SSSR count). The van der Waals surface area contributed by atoms with Gasteiger partial charge in [-0.3, -0.25) is 5.43 Å². The molecule has 45 heavy (non-hydrogen) atoms. The summed E-state index contributed by atoms with van der Waals surface area (Å²) >= 11 is 6.05. The normalized spacial score (nSPS) is 15.2. The summed E-state index contributed by atoms with van der Waals surface area (Å²) in [6, 6.07) is 16.5. The van der Waals surface area contributed by atoms with Gasteiger partial charge in [-0.25, -0.2) is 9.59 Å². The number of carbonyl (C=O) groups excluding carboxylic acids is 2. The fourth-order valence-electron chi connectivity index (χ4n) is 4.49. The number of aliphatic hydroxyl groups excluding tert-OH is 1. The van der Waals surface area contributed by atoms with E-state index in [0.29, 0.717) is 58.1 Å². The van der Waals surface area contributed by atoms with Crippen LogP contribution in [0.2, 0.25) is 5.02 Å². The Kier molecular flexibility index (Phi) is 11.5. The Morgan fingerprint density at radius 3 is 2.56 bits per heavy atom. The molecule has 3 aromatic carbocycles. The molecule has 2 atom stereocenters. The van der Waals surface area contributed by atoms with Crippen LogP contribution >= 0.6 is 11.6 Å². The number of urea groups is 1. The van der Waals surface area contributed by atoms with Gasteiger partial charge in [0, 0.05) is 10.7 Å². The number of methoxy groups -OCH3 is 2. The smallest absolute Gasteiger partial charge is 0.337 e. The highest BCUT2D eigenvalue weighted by Crippen LogP contribution is 2.35. The van der Waals surface area contributed by atoms with Crippen LogP contribution in [0.4, 0.5) is 4.79 Å². The van der Waals surface area contributed by atoms with E-state index in [4.69, 9.17) is 35.3 Å². The molecule has 13 heteroatoms. The SMILES string of the molecule is CCOc1cc([C@H]2NC(=O)NC(C)=C2C(=O)OC)ccc1OC[C@@H](O)N/N=C/c1ccc(OCc2cccc(Cl)c2)c(OC)c1. The highest BCUT2D eigenvalue weighted by Gasteiger charge is 2.32. The summed E-state index contributed by atoms with van der Waals surface area (Å²) < 4.78 is 27.8. The Morgan fingerprint density at radius 2 is 1.82 bits per heavy atom. The van der Waals surface area contributed by atoms with Crippen molar-refractivity contribution in [1.82, 2.24) is 16.1 Å². The quantitative estimate of drug-likeness (QED) is 0.0870. The first kappa shape index (κ1) is 33.0. The van der Waals surface area contributed by atoms with E-state index in [9.17, 15) is 14.7 Å². The molecule has 0 saturated carbocycles. The average Bonchev–Trinajstić information content (AvgIpc) is 3.03. The summed E-state index contributed by atoms with van der Waals surface area (Å²) in [5.74, 6) is 1.22. The highest BCUT2D eigenvalue weighted by molar-refractivity contribution is 6.30. The number of ether oxygens (including phenoxy) is 5. The summed E-state index contributed by atoms with van der Waals surface area (Å²) in [4.78, 5) is 24.6. The molecule has 0 spiro atoms. The zero-order chi connectivity index (χ0) is 32.3. The van der Waals surface area contributed by atoms with Crippen molar-refractivity contribution in [2.45, 2.75) is 32.7 Å². The van der Waals surface area contributed by atoms with Gasteiger partial charge in [-0.1, -0.05) is 29.8 Å². The van der Waals surface area contributed by atoms with Gasteiger partial charge >= 0.3 is 12.0 Å². The van der Waals surface area contributed by atoms with Gasteiger partial charge in [-0.05, 0) is 73.0 Å². The van der Waals surface area contributed by atoms with Gasteiger partial charge in [0.1, 0.15) is 13.2 Å². The van der Waals surface area contributed by atoms with Crippen molar-refractivity contribution in [3.63, 3.8) is 0 Å². The molecule has 0 radical (unpaired) electrons. The number of rotatable bonds is 14. The Morgan fingerprint density at radius 1 is 1.04 bits per heavy atom. The number of carbonyl (C=O) groups is 2. The van der Waals surface area contributed by atoms with Crippen molar-refractivity contribution >= 4 is 29.8 Å². The molecular weight excluding hydrogens is 604 g/mol. The number of halogens is 1. The predicted octanol–water partition coefficient (Wildman–Crippen LogP) is 4.45. The van der Waals surface area contributed by atoms with Crippen LogP contribution in [0.25, 0.3) is 0 Å². The van der Waals surface area contributed by atoms with Gasteiger partial charge < -0.3 is 39.4 Å². The first-order valence-corrected chi connectivity index (χ1v) is 14.4. The maximum Gasteiger partial charge on any atom is 0.337 e. The molecule has 3 aromatic rings. The number of hydrogen-bond donors (Lipinski definition) is 4. The molecule has 12 nitrogen and oxygen atoms in total. The summed E-state index contributed by atoms with van der Waals surface area (Å²) in [6.07, 6.45) is 0.368. The minimum atomic E-state index is -1.15. The van der Waals surface area contributed by atoms with Gasteiger partial charge in [-0.2, -0.15) is 5.10 Å². The monoisotopic (exact) mass is 638 g/mol. The summed E-state index contributed by atoms with van der Waals surface area (Å²) in [5, 5.41) is 20.5. The largest absolute Gasteiger partial charge is 0.493 e. The molecule has 0 aromatic heterocycles. The van der Waals surface area contributed by atoms with Crippen molar-refractivity contribution in [3.8, 4) is 23.0 Å². The van der Waals surface area contributed by atoms with Crippen LogP contribution < -0.4 is 35.0 Å². The van der Waals surface area contributed by atoms with Crippen molar-refractivity contribution in [2.24, 2.45) is 5.10 Å². The van der Waals surface area contributed by atoms with E-state index >= 15 is 0 Å². The average molecular weight is 639 g/mol. The lowest BCUT2D eigenvalue weighted by Crippen LogP contribution is -2.45. The van der Waals surface area contributed by atoms with E-state index in [2.05, 4.69) is 21.2 Å². The van der Waals surface area contributed by atoms with Crippen molar-refractivity contribution in [3.05, 3.63) is 93.6 Å². The van der Waals surface area contributed by atoms with E-state index in [1.165, 1.54) is 13.3 Å². The highest BCUT2D eigenvalue weighted by atomic mass is 35.5. The maximum atomic E-state index is 12.4. The Hall–Kier alpha value is -4.94. The van der Waals surface area contributed by atoms with Crippen LogP contribution in [0.1, 0.15) is 36.6 Å². The van der Waals surface area contributed by atoms with E-state index in [1.54, 1.807) is 56.5 Å². The van der Waals surface area contributed by atoms with Gasteiger partial charge in [0.25, 0.3) is 0 Å². The number of aliphatic hydroxyl groups is 1. The van der Waals surface area contributed by atoms with Gasteiger partial charge in [0.2, 0.25) is 0 Å². The number of hydrazone groups is 1. The Balaban J connectivity index is 1.36. The number of hydrogen-bond acceptors (Lipinski definition) is 10. The predicted molar refractivity (Wildman–Crippen MR) is 168 cm³/mol. The lowest BCUT2D eigenvalue weighted by atomic mass is 9.95. The second kappa shape index (κ2) is 15.7. The number of benzene rings is 3. The van der Waals surface area contributed by atoms with E-state index in [1.807, 2.05) is 25.1 Å². The Labute approximate surface area is 265 Å². The topological polar surface area (TPSA) is 149 Å². The van der Waals surface area contributed by atoms with E-state index < -0.39 is 24.3 Å². The van der Waals surface area contributed by atoms with Crippen molar-refractivity contribution in [2.75, 3.05) is 27.4 Å². The van der Waals surface area contributed by atoms with Gasteiger partial charge in [-0.15, -0.1) is 0 Å². The summed E-state index contributed by atoms with van der Waals surface area (Å²) in [7, 11) is 2.82. The van der Waals surface area contributed by atoms with Crippen molar-refractivity contribution < 1.29 is 38.4 Å². The number of allylic oxidation sites excluding steroid dienone is 1. The number of esters is 1. The van der Waals surface area contributed by atoms with Crippen LogP contribution in [0, 0.1) is 0 Å². The lowest BCUT2D eigenvalue weighted by molar-refractivity contribution is -0.136. The van der Waals surface area contributed by atoms with Gasteiger partial charge in [0.15, 0.2) is 29.2 Å². The zero-order valence-corrected chi connectivity index (χ0v) is 26.0. The molecule has 1 heterocycles. The molecule has 1 aliphatic rings.